The van der Waals surface area contributed by atoms with Gasteiger partial charge < -0.3 is 10.6 Å². The maximum Gasteiger partial charge on any atom is 0.243 e. The van der Waals surface area contributed by atoms with E-state index in [1.807, 2.05) is 0 Å². The Kier molecular flexibility index (Phi) is 5.76. The van der Waals surface area contributed by atoms with Crippen LogP contribution in [0.4, 0.5) is 15.8 Å². The minimum absolute atomic E-state index is 0.0142. The fourth-order valence-electron chi connectivity index (χ4n) is 2.99. The number of nitrogens with zero attached hydrogens (tertiary/aromatic N) is 1. The number of carbonyl (C=O) groups excluding carboxylic acids is 1. The van der Waals surface area contributed by atoms with E-state index in [-0.39, 0.29) is 23.2 Å². The lowest BCUT2D eigenvalue weighted by molar-refractivity contribution is -0.114. The van der Waals surface area contributed by atoms with Gasteiger partial charge in [0.25, 0.3) is 0 Å². The monoisotopic (exact) mass is 391 g/mol. The molecule has 27 heavy (non-hydrogen) atoms. The van der Waals surface area contributed by atoms with Gasteiger partial charge in [-0.15, -0.1) is 0 Å². The molecule has 144 valence electrons. The molecule has 0 unspecified atom stereocenters. The van der Waals surface area contributed by atoms with E-state index in [0.717, 1.165) is 12.8 Å². The number of amides is 1. The lowest BCUT2D eigenvalue weighted by Crippen LogP contribution is -2.27. The molecule has 0 bridgehead atoms. The number of hydrogen-bond acceptors (Lipinski definition) is 4. The first kappa shape index (κ1) is 19.3. The number of aryl methyl sites for hydroxylation is 1. The van der Waals surface area contributed by atoms with Crippen molar-refractivity contribution < 1.29 is 17.6 Å². The summed E-state index contributed by atoms with van der Waals surface area (Å²) < 4.78 is 39.5. The number of carbonyl (C=O) groups is 1. The zero-order chi connectivity index (χ0) is 19.4. The molecule has 8 heteroatoms. The van der Waals surface area contributed by atoms with E-state index in [4.69, 9.17) is 0 Å². The average molecular weight is 391 g/mol. The summed E-state index contributed by atoms with van der Waals surface area (Å²) in [5.41, 5.74) is 1.90. The van der Waals surface area contributed by atoms with E-state index in [2.05, 4.69) is 10.6 Å². The summed E-state index contributed by atoms with van der Waals surface area (Å²) in [7, 11) is -3.46. The maximum atomic E-state index is 13.1. The first-order valence-electron chi connectivity index (χ1n) is 8.76. The summed E-state index contributed by atoms with van der Waals surface area (Å²) in [4.78, 5) is 12.3. The Morgan fingerprint density at radius 3 is 2.41 bits per heavy atom. The molecule has 1 aliphatic rings. The number of hydrogen-bond donors (Lipinski definition) is 2. The summed E-state index contributed by atoms with van der Waals surface area (Å²) in [6, 6.07) is 10.4. The second-order valence-electron chi connectivity index (χ2n) is 6.50. The molecule has 0 aliphatic carbocycles. The Balaban J connectivity index is 1.58. The zero-order valence-electron chi connectivity index (χ0n) is 15.0. The molecular formula is C19H22FN3O3S. The van der Waals surface area contributed by atoms with Crippen LogP contribution in [-0.4, -0.2) is 38.3 Å². The maximum absolute atomic E-state index is 13.1. The Morgan fingerprint density at radius 2 is 1.78 bits per heavy atom. The molecule has 0 aromatic heterocycles. The van der Waals surface area contributed by atoms with Crippen molar-refractivity contribution in [3.63, 3.8) is 0 Å². The first-order chi connectivity index (χ1) is 12.9. The van der Waals surface area contributed by atoms with Gasteiger partial charge in [-0.1, -0.05) is 0 Å². The summed E-state index contributed by atoms with van der Waals surface area (Å²) in [5.74, 6) is -0.611. The molecular weight excluding hydrogens is 369 g/mol. The molecule has 2 aromatic carbocycles. The van der Waals surface area contributed by atoms with Crippen LogP contribution < -0.4 is 10.6 Å². The quantitative estimate of drug-likeness (QED) is 0.794. The van der Waals surface area contributed by atoms with Crippen molar-refractivity contribution in [2.75, 3.05) is 30.3 Å². The molecule has 6 nitrogen and oxygen atoms in total. The van der Waals surface area contributed by atoms with Crippen molar-refractivity contribution in [3.05, 3.63) is 53.8 Å². The van der Waals surface area contributed by atoms with Gasteiger partial charge in [0.05, 0.1) is 11.4 Å². The third-order valence-corrected chi connectivity index (χ3v) is 6.38. The van der Waals surface area contributed by atoms with Crippen LogP contribution in [0.3, 0.4) is 0 Å². The second-order valence-corrected chi connectivity index (χ2v) is 8.43. The molecule has 1 fully saturated rings. The molecule has 0 saturated carbocycles. The fourth-order valence-corrected chi connectivity index (χ4v) is 4.51. The number of halogens is 1. The second kappa shape index (κ2) is 8.06. The normalized spacial score (nSPS) is 14.9. The van der Waals surface area contributed by atoms with Gasteiger partial charge in [-0.25, -0.2) is 12.8 Å². The Hall–Kier alpha value is -2.45. The van der Waals surface area contributed by atoms with E-state index in [1.54, 1.807) is 25.1 Å². The van der Waals surface area contributed by atoms with Crippen molar-refractivity contribution in [1.29, 1.82) is 0 Å². The predicted octanol–water partition coefficient (Wildman–Crippen LogP) is 2.97. The van der Waals surface area contributed by atoms with Crippen LogP contribution >= 0.6 is 0 Å². The van der Waals surface area contributed by atoms with Crippen LogP contribution in [0.2, 0.25) is 0 Å². The Bertz CT molecular complexity index is 924. The topological polar surface area (TPSA) is 78.5 Å². The van der Waals surface area contributed by atoms with E-state index < -0.39 is 10.0 Å². The summed E-state index contributed by atoms with van der Waals surface area (Å²) >= 11 is 0. The summed E-state index contributed by atoms with van der Waals surface area (Å²) in [5, 5.41) is 5.66. The van der Waals surface area contributed by atoms with Crippen LogP contribution in [0.5, 0.6) is 0 Å². The van der Waals surface area contributed by atoms with Gasteiger partial charge in [0.2, 0.25) is 15.9 Å². The smallest absolute Gasteiger partial charge is 0.243 e. The van der Waals surface area contributed by atoms with Gasteiger partial charge in [0, 0.05) is 24.5 Å². The van der Waals surface area contributed by atoms with Gasteiger partial charge >= 0.3 is 0 Å². The molecule has 3 rings (SSSR count). The van der Waals surface area contributed by atoms with E-state index in [0.29, 0.717) is 30.0 Å². The van der Waals surface area contributed by atoms with Crippen LogP contribution in [0.1, 0.15) is 18.4 Å². The molecule has 0 radical (unpaired) electrons. The number of rotatable bonds is 6. The average Bonchev–Trinajstić information content (AvgIpc) is 3.17. The van der Waals surface area contributed by atoms with Gasteiger partial charge in [-0.3, -0.25) is 4.79 Å². The van der Waals surface area contributed by atoms with E-state index in [1.165, 1.54) is 28.6 Å². The minimum atomic E-state index is -3.46. The van der Waals surface area contributed by atoms with Crippen molar-refractivity contribution in [3.8, 4) is 0 Å². The van der Waals surface area contributed by atoms with E-state index in [9.17, 15) is 17.6 Å². The third kappa shape index (κ3) is 4.64. The van der Waals surface area contributed by atoms with E-state index >= 15 is 0 Å². The number of sulfonamides is 1. The molecule has 2 aromatic rings. The van der Waals surface area contributed by atoms with Gasteiger partial charge in [-0.2, -0.15) is 4.31 Å². The number of benzene rings is 2. The predicted molar refractivity (Wildman–Crippen MR) is 103 cm³/mol. The minimum Gasteiger partial charge on any atom is -0.376 e. The highest BCUT2D eigenvalue weighted by Crippen LogP contribution is 2.22. The lowest BCUT2D eigenvalue weighted by Gasteiger charge is -2.15. The van der Waals surface area contributed by atoms with Gasteiger partial charge in [0.15, 0.2) is 0 Å². The van der Waals surface area contributed by atoms with Crippen LogP contribution in [0, 0.1) is 12.7 Å². The summed E-state index contributed by atoms with van der Waals surface area (Å²) in [6.45, 7) is 2.87. The van der Waals surface area contributed by atoms with Gasteiger partial charge in [-0.05, 0) is 67.8 Å². The largest absolute Gasteiger partial charge is 0.376 e. The Labute approximate surface area is 158 Å². The third-order valence-electron chi connectivity index (χ3n) is 4.47. The van der Waals surface area contributed by atoms with Crippen molar-refractivity contribution >= 4 is 27.3 Å². The lowest BCUT2D eigenvalue weighted by atomic mass is 10.2. The zero-order valence-corrected chi connectivity index (χ0v) is 15.9. The fraction of sp³-hybridized carbons (Fsp3) is 0.316. The highest BCUT2D eigenvalue weighted by molar-refractivity contribution is 7.89. The molecule has 1 aliphatic heterocycles. The highest BCUT2D eigenvalue weighted by atomic mass is 32.2. The molecule has 0 spiro atoms. The molecule has 1 saturated heterocycles. The Morgan fingerprint density at radius 1 is 1.11 bits per heavy atom. The highest BCUT2D eigenvalue weighted by Gasteiger charge is 2.26. The molecule has 1 amide bonds. The van der Waals surface area contributed by atoms with Crippen molar-refractivity contribution in [2.24, 2.45) is 0 Å². The molecule has 1 heterocycles. The van der Waals surface area contributed by atoms with Crippen LogP contribution in [-0.2, 0) is 14.8 Å². The molecule has 2 N–H and O–H groups in total. The van der Waals surface area contributed by atoms with Crippen molar-refractivity contribution in [2.45, 2.75) is 24.7 Å². The summed E-state index contributed by atoms with van der Waals surface area (Å²) in [6.07, 6.45) is 1.77. The number of anilines is 2. The van der Waals surface area contributed by atoms with Crippen LogP contribution in [0.15, 0.2) is 47.4 Å². The standard InChI is InChI=1S/C19H22FN3O3S/c1-14-12-15(20)4-9-18(14)21-13-19(24)22-16-5-7-17(8-6-16)27(25,26)23-10-2-3-11-23/h4-9,12,21H,2-3,10-11,13H2,1H3,(H,22,24). The van der Waals surface area contributed by atoms with Crippen LogP contribution in [0.25, 0.3) is 0 Å². The van der Waals surface area contributed by atoms with Gasteiger partial charge in [0.1, 0.15) is 5.82 Å². The SMILES string of the molecule is Cc1cc(F)ccc1NCC(=O)Nc1ccc(S(=O)(=O)N2CCCC2)cc1. The van der Waals surface area contributed by atoms with Crippen molar-refractivity contribution in [1.82, 2.24) is 4.31 Å². The number of nitrogens with one attached hydrogen (secondary N) is 2. The molecule has 0 atom stereocenters. The first-order valence-corrected chi connectivity index (χ1v) is 10.2.